The summed E-state index contributed by atoms with van der Waals surface area (Å²) in [6.45, 7) is 2.22. The van der Waals surface area contributed by atoms with Crippen LogP contribution in [0.4, 0.5) is 0 Å². The second-order valence-electron chi connectivity index (χ2n) is 6.08. The van der Waals surface area contributed by atoms with Gasteiger partial charge in [0.05, 0.1) is 0 Å². The molecule has 0 saturated heterocycles. The van der Waals surface area contributed by atoms with Crippen LogP contribution < -0.4 is 5.73 Å². The van der Waals surface area contributed by atoms with E-state index in [-0.39, 0.29) is 6.42 Å². The first-order valence-electron chi connectivity index (χ1n) is 8.65. The second kappa shape index (κ2) is 12.9. The molecule has 0 aromatic heterocycles. The van der Waals surface area contributed by atoms with Crippen molar-refractivity contribution in [3.05, 3.63) is 0 Å². The van der Waals surface area contributed by atoms with Gasteiger partial charge in [-0.05, 0) is 6.42 Å². The van der Waals surface area contributed by atoms with E-state index in [0.717, 1.165) is 19.3 Å². The summed E-state index contributed by atoms with van der Waals surface area (Å²) in [4.78, 5) is 11.0. The molecule has 0 aromatic carbocycles. The lowest BCUT2D eigenvalue weighted by Crippen LogP contribution is -2.35. The van der Waals surface area contributed by atoms with E-state index in [1.807, 2.05) is 0 Å². The van der Waals surface area contributed by atoms with Gasteiger partial charge in [-0.2, -0.15) is 8.42 Å². The highest BCUT2D eigenvalue weighted by Crippen LogP contribution is 2.14. The zero-order valence-corrected chi connectivity index (χ0v) is 14.7. The quantitative estimate of drug-likeness (QED) is 0.351. The van der Waals surface area contributed by atoms with Crippen LogP contribution in [0.5, 0.6) is 0 Å². The lowest BCUT2D eigenvalue weighted by atomic mass is 10.0. The molecule has 1 amide bonds. The van der Waals surface area contributed by atoms with E-state index in [0.29, 0.717) is 6.42 Å². The van der Waals surface area contributed by atoms with E-state index in [4.69, 9.17) is 10.3 Å². The molecular weight excluding hydrogens is 302 g/mol. The first-order valence-corrected chi connectivity index (χ1v) is 10.2. The summed E-state index contributed by atoms with van der Waals surface area (Å²) in [7, 11) is -4.35. The first-order chi connectivity index (χ1) is 10.4. The molecule has 0 aliphatic rings. The van der Waals surface area contributed by atoms with Gasteiger partial charge in [0, 0.05) is 0 Å². The van der Waals surface area contributed by atoms with Gasteiger partial charge < -0.3 is 5.73 Å². The minimum atomic E-state index is -4.35. The molecule has 5 nitrogen and oxygen atoms in total. The smallest absolute Gasteiger partial charge is 0.276 e. The highest BCUT2D eigenvalue weighted by Gasteiger charge is 2.27. The van der Waals surface area contributed by atoms with E-state index in [1.165, 1.54) is 51.4 Å². The fourth-order valence-electron chi connectivity index (χ4n) is 2.61. The topological polar surface area (TPSA) is 97.5 Å². The predicted octanol–water partition coefficient (Wildman–Crippen LogP) is 3.82. The van der Waals surface area contributed by atoms with E-state index < -0.39 is 21.3 Å². The maximum Gasteiger partial charge on any atom is 0.276 e. The number of hydrogen-bond donors (Lipinski definition) is 2. The number of nitrogens with two attached hydrogens (primary N) is 1. The van der Waals surface area contributed by atoms with Crippen molar-refractivity contribution >= 4 is 16.0 Å². The zero-order valence-electron chi connectivity index (χ0n) is 13.9. The number of unbranched alkanes of at least 4 members (excludes halogenated alkanes) is 11. The Labute approximate surface area is 135 Å². The third-order valence-corrected chi connectivity index (χ3v) is 5.18. The molecule has 3 N–H and O–H groups in total. The highest BCUT2D eigenvalue weighted by atomic mass is 32.2. The fourth-order valence-corrected chi connectivity index (χ4v) is 3.37. The molecule has 0 spiro atoms. The van der Waals surface area contributed by atoms with Crippen LogP contribution in [0.15, 0.2) is 0 Å². The van der Waals surface area contributed by atoms with Crippen molar-refractivity contribution in [2.45, 2.75) is 95.6 Å². The van der Waals surface area contributed by atoms with Crippen LogP contribution in [0.3, 0.4) is 0 Å². The molecule has 22 heavy (non-hydrogen) atoms. The molecule has 0 heterocycles. The molecular formula is C16H33NO4S. The van der Waals surface area contributed by atoms with Gasteiger partial charge in [-0.25, -0.2) is 0 Å². The van der Waals surface area contributed by atoms with E-state index in [2.05, 4.69) is 6.92 Å². The average molecular weight is 336 g/mol. The average Bonchev–Trinajstić information content (AvgIpc) is 2.42. The van der Waals surface area contributed by atoms with Crippen molar-refractivity contribution in [2.24, 2.45) is 5.73 Å². The molecule has 0 aromatic rings. The first kappa shape index (κ1) is 21.4. The molecule has 0 aliphatic carbocycles. The third-order valence-electron chi connectivity index (χ3n) is 4.00. The summed E-state index contributed by atoms with van der Waals surface area (Å²) >= 11 is 0. The third kappa shape index (κ3) is 12.0. The van der Waals surface area contributed by atoms with Crippen LogP contribution in [0.25, 0.3) is 0 Å². The Hall–Kier alpha value is -0.620. The second-order valence-corrected chi connectivity index (χ2v) is 7.68. The monoisotopic (exact) mass is 335 g/mol. The zero-order chi connectivity index (χ0) is 16.8. The number of carbonyl (C=O) groups excluding carboxylic acids is 1. The molecule has 6 heteroatoms. The normalized spacial score (nSPS) is 13.2. The van der Waals surface area contributed by atoms with Crippen LogP contribution in [0, 0.1) is 0 Å². The molecule has 0 fully saturated rings. The van der Waals surface area contributed by atoms with Crippen LogP contribution in [0.2, 0.25) is 0 Å². The van der Waals surface area contributed by atoms with Gasteiger partial charge in [-0.15, -0.1) is 0 Å². The van der Waals surface area contributed by atoms with E-state index in [9.17, 15) is 13.2 Å². The maximum atomic E-state index is 11.0. The fraction of sp³-hybridized carbons (Fsp3) is 0.938. The Morgan fingerprint density at radius 1 is 0.864 bits per heavy atom. The Morgan fingerprint density at radius 2 is 1.23 bits per heavy atom. The van der Waals surface area contributed by atoms with Crippen molar-refractivity contribution in [1.82, 2.24) is 0 Å². The van der Waals surface area contributed by atoms with E-state index in [1.54, 1.807) is 0 Å². The summed E-state index contributed by atoms with van der Waals surface area (Å²) in [6.07, 6.45) is 14.2. The summed E-state index contributed by atoms with van der Waals surface area (Å²) in [5, 5.41) is -1.45. The lowest BCUT2D eigenvalue weighted by molar-refractivity contribution is -0.117. The van der Waals surface area contributed by atoms with Gasteiger partial charge in [0.2, 0.25) is 5.91 Å². The van der Waals surface area contributed by atoms with Crippen LogP contribution >= 0.6 is 0 Å². The predicted molar refractivity (Wildman–Crippen MR) is 90.2 cm³/mol. The molecule has 0 aliphatic heterocycles. The molecule has 0 saturated carbocycles. The van der Waals surface area contributed by atoms with Crippen molar-refractivity contribution in [3.8, 4) is 0 Å². The molecule has 132 valence electrons. The van der Waals surface area contributed by atoms with Crippen molar-refractivity contribution in [2.75, 3.05) is 0 Å². The van der Waals surface area contributed by atoms with Gasteiger partial charge in [-0.3, -0.25) is 9.35 Å². The van der Waals surface area contributed by atoms with Crippen molar-refractivity contribution in [3.63, 3.8) is 0 Å². The van der Waals surface area contributed by atoms with Gasteiger partial charge in [-0.1, -0.05) is 84.0 Å². The Bertz CT molecular complexity index is 382. The number of hydrogen-bond acceptors (Lipinski definition) is 3. The summed E-state index contributed by atoms with van der Waals surface area (Å²) in [5.74, 6) is -0.967. The highest BCUT2D eigenvalue weighted by molar-refractivity contribution is 7.87. The summed E-state index contributed by atoms with van der Waals surface area (Å²) < 4.78 is 30.8. The largest absolute Gasteiger partial charge is 0.368 e. The summed E-state index contributed by atoms with van der Waals surface area (Å²) in [5.41, 5.74) is 4.98. The van der Waals surface area contributed by atoms with Gasteiger partial charge in [0.15, 0.2) is 5.25 Å². The van der Waals surface area contributed by atoms with Gasteiger partial charge >= 0.3 is 0 Å². The molecule has 1 atom stereocenters. The Morgan fingerprint density at radius 3 is 1.55 bits per heavy atom. The lowest BCUT2D eigenvalue weighted by Gasteiger charge is -2.09. The number of rotatable bonds is 15. The minimum Gasteiger partial charge on any atom is -0.368 e. The SMILES string of the molecule is CCCCCCCCCCCCCCC(C(N)=O)S(=O)(=O)O. The standard InChI is InChI=1S/C16H33NO4S/c1-2-3-4-5-6-7-8-9-10-11-12-13-14-15(16(17)18)22(19,20)21/h15H,2-14H2,1H3,(H2,17,18)(H,19,20,21). The van der Waals surface area contributed by atoms with E-state index >= 15 is 0 Å². The molecule has 0 rings (SSSR count). The van der Waals surface area contributed by atoms with Crippen LogP contribution in [0.1, 0.15) is 90.4 Å². The van der Waals surface area contributed by atoms with Crippen LogP contribution in [-0.2, 0) is 14.9 Å². The Balaban J connectivity index is 3.45. The van der Waals surface area contributed by atoms with Gasteiger partial charge in [0.25, 0.3) is 10.1 Å². The Kier molecular flexibility index (Phi) is 12.5. The minimum absolute atomic E-state index is 0.117. The number of primary amides is 1. The summed E-state index contributed by atoms with van der Waals surface area (Å²) in [6, 6.07) is 0. The number of amides is 1. The molecule has 0 radical (unpaired) electrons. The van der Waals surface area contributed by atoms with Gasteiger partial charge in [0.1, 0.15) is 0 Å². The number of carbonyl (C=O) groups is 1. The van der Waals surface area contributed by atoms with Crippen molar-refractivity contribution in [1.29, 1.82) is 0 Å². The van der Waals surface area contributed by atoms with Crippen molar-refractivity contribution < 1.29 is 17.8 Å². The maximum absolute atomic E-state index is 11.0. The molecule has 0 bridgehead atoms. The molecule has 1 unspecified atom stereocenters. The van der Waals surface area contributed by atoms with Crippen LogP contribution in [-0.4, -0.2) is 24.1 Å².